The van der Waals surface area contributed by atoms with Gasteiger partial charge in [-0.15, -0.1) is 0 Å². The molecule has 2 bridgehead atoms. The molecule has 5 rings (SSSR count). The van der Waals surface area contributed by atoms with Crippen LogP contribution in [-0.2, 0) is 9.84 Å². The van der Waals surface area contributed by atoms with E-state index in [0.29, 0.717) is 37.6 Å². The first-order chi connectivity index (χ1) is 16.2. The molecular formula is C25H34N4O4S. The molecule has 2 amide bonds. The van der Waals surface area contributed by atoms with Gasteiger partial charge in [0.1, 0.15) is 0 Å². The van der Waals surface area contributed by atoms with Crippen LogP contribution in [0.4, 0.5) is 10.5 Å². The molecule has 0 spiro atoms. The van der Waals surface area contributed by atoms with E-state index in [-0.39, 0.29) is 29.6 Å². The molecule has 2 unspecified atom stereocenters. The average Bonchev–Trinajstić information content (AvgIpc) is 3.09. The first-order valence-corrected chi connectivity index (χ1v) is 13.6. The zero-order chi connectivity index (χ0) is 24.1. The third kappa shape index (κ3) is 3.74. The van der Waals surface area contributed by atoms with Crippen molar-refractivity contribution in [3.05, 3.63) is 36.4 Å². The Bertz CT molecular complexity index is 1180. The van der Waals surface area contributed by atoms with Crippen LogP contribution in [0.5, 0.6) is 0 Å². The second kappa shape index (κ2) is 8.70. The summed E-state index contributed by atoms with van der Waals surface area (Å²) in [6.45, 7) is 0.880. The monoisotopic (exact) mass is 486 g/mol. The Labute approximate surface area is 201 Å². The standard InChI is InChI=1S/C25H34N4O4S/c1-28(2)22-8-3-7-21-20(22)6-4-9-23(21)34(32,33)25(12-5-13-26-16-25)27-24(31)29-17-10-11-18(29)15-19(30)14-17/h3-4,6-9,17-19,26,30H,5,10-16H2,1-2H3,(H,27,31)/t17?,18?,19?,25-/m0/s1. The predicted octanol–water partition coefficient (Wildman–Crippen LogP) is 2.46. The van der Waals surface area contributed by atoms with Crippen molar-refractivity contribution in [1.82, 2.24) is 15.5 Å². The molecule has 2 aromatic rings. The van der Waals surface area contributed by atoms with Crippen LogP contribution in [0.15, 0.2) is 41.3 Å². The average molecular weight is 487 g/mol. The van der Waals surface area contributed by atoms with Gasteiger partial charge in [0.05, 0.1) is 11.0 Å². The Balaban J connectivity index is 1.55. The number of amides is 2. The number of nitrogens with zero attached hydrogens (tertiary/aromatic N) is 2. The minimum atomic E-state index is -3.94. The lowest BCUT2D eigenvalue weighted by atomic mass is 10.0. The second-order valence-electron chi connectivity index (χ2n) is 10.1. The van der Waals surface area contributed by atoms with Crippen LogP contribution >= 0.6 is 0 Å². The minimum absolute atomic E-state index is 0.0368. The number of rotatable bonds is 4. The lowest BCUT2D eigenvalue weighted by Crippen LogP contribution is -2.65. The summed E-state index contributed by atoms with van der Waals surface area (Å²) in [5, 5.41) is 17.9. The Hall–Kier alpha value is -2.36. The highest BCUT2D eigenvalue weighted by molar-refractivity contribution is 7.93. The fourth-order valence-corrected chi connectivity index (χ4v) is 8.19. The number of nitrogens with one attached hydrogen (secondary N) is 2. The number of fused-ring (bicyclic) bond motifs is 3. The number of piperidine rings is 2. The summed E-state index contributed by atoms with van der Waals surface area (Å²) in [7, 11) is -0.0666. The van der Waals surface area contributed by atoms with Crippen molar-refractivity contribution < 1.29 is 18.3 Å². The van der Waals surface area contributed by atoms with E-state index >= 15 is 0 Å². The summed E-state index contributed by atoms with van der Waals surface area (Å²) >= 11 is 0. The summed E-state index contributed by atoms with van der Waals surface area (Å²) in [4.78, 5) is 16.1. The summed E-state index contributed by atoms with van der Waals surface area (Å²) < 4.78 is 28.7. The second-order valence-corrected chi connectivity index (χ2v) is 12.4. The van der Waals surface area contributed by atoms with Gasteiger partial charge in [-0.2, -0.15) is 0 Å². The zero-order valence-electron chi connectivity index (χ0n) is 19.8. The van der Waals surface area contributed by atoms with Crippen molar-refractivity contribution in [2.45, 2.75) is 66.5 Å². The van der Waals surface area contributed by atoms with Gasteiger partial charge in [0.2, 0.25) is 9.84 Å². The number of benzene rings is 2. The van der Waals surface area contributed by atoms with E-state index in [2.05, 4.69) is 10.6 Å². The SMILES string of the molecule is CN(C)c1cccc2c(S(=O)(=O)[C@@]3(NC(=O)N4C5CCC4CC(O)C5)CCCNC3)cccc12. The van der Waals surface area contributed by atoms with E-state index < -0.39 is 20.8 Å². The molecule has 34 heavy (non-hydrogen) atoms. The van der Waals surface area contributed by atoms with Crippen LogP contribution in [0.1, 0.15) is 38.5 Å². The van der Waals surface area contributed by atoms with E-state index in [1.807, 2.05) is 43.3 Å². The molecule has 2 aromatic carbocycles. The lowest BCUT2D eigenvalue weighted by Gasteiger charge is -2.42. The molecule has 3 fully saturated rings. The largest absolute Gasteiger partial charge is 0.393 e. The minimum Gasteiger partial charge on any atom is -0.393 e. The molecule has 184 valence electrons. The van der Waals surface area contributed by atoms with Crippen molar-refractivity contribution >= 4 is 32.3 Å². The third-order valence-corrected chi connectivity index (χ3v) is 10.2. The van der Waals surface area contributed by atoms with E-state index in [1.54, 1.807) is 17.0 Å². The summed E-state index contributed by atoms with van der Waals surface area (Å²) in [6.07, 6.45) is 3.42. The first-order valence-electron chi connectivity index (χ1n) is 12.2. The lowest BCUT2D eigenvalue weighted by molar-refractivity contribution is 0.0525. The molecule has 9 heteroatoms. The highest BCUT2D eigenvalue weighted by atomic mass is 32.2. The Kier molecular flexibility index (Phi) is 5.98. The van der Waals surface area contributed by atoms with Gasteiger partial charge in [-0.3, -0.25) is 0 Å². The van der Waals surface area contributed by atoms with E-state index in [1.165, 1.54) is 0 Å². The Morgan fingerprint density at radius 1 is 1.12 bits per heavy atom. The number of carbonyl (C=O) groups excluding carboxylic acids is 1. The quantitative estimate of drug-likeness (QED) is 0.614. The third-order valence-electron chi connectivity index (χ3n) is 7.77. The number of urea groups is 1. The van der Waals surface area contributed by atoms with Crippen molar-refractivity contribution in [1.29, 1.82) is 0 Å². The van der Waals surface area contributed by atoms with Crippen LogP contribution < -0.4 is 15.5 Å². The van der Waals surface area contributed by atoms with Crippen LogP contribution in [0.3, 0.4) is 0 Å². The maximum Gasteiger partial charge on any atom is 0.319 e. The number of hydrogen-bond acceptors (Lipinski definition) is 6. The number of carbonyl (C=O) groups is 1. The molecule has 8 nitrogen and oxygen atoms in total. The van der Waals surface area contributed by atoms with Gasteiger partial charge >= 0.3 is 6.03 Å². The van der Waals surface area contributed by atoms with Crippen LogP contribution in [-0.4, -0.2) is 74.7 Å². The first kappa shape index (κ1) is 23.4. The van der Waals surface area contributed by atoms with Crippen LogP contribution in [0.25, 0.3) is 10.8 Å². The van der Waals surface area contributed by atoms with E-state index in [4.69, 9.17) is 0 Å². The number of aliphatic hydroxyl groups excluding tert-OH is 1. The van der Waals surface area contributed by atoms with E-state index in [9.17, 15) is 18.3 Å². The smallest absolute Gasteiger partial charge is 0.319 e. The number of anilines is 1. The number of hydrogen-bond donors (Lipinski definition) is 3. The highest BCUT2D eigenvalue weighted by Gasteiger charge is 2.50. The molecule has 3 heterocycles. The molecule has 0 radical (unpaired) electrons. The molecule has 3 N–H and O–H groups in total. The van der Waals surface area contributed by atoms with Crippen molar-refractivity contribution in [3.63, 3.8) is 0 Å². The Morgan fingerprint density at radius 2 is 1.79 bits per heavy atom. The van der Waals surface area contributed by atoms with Crippen molar-refractivity contribution in [2.75, 3.05) is 32.1 Å². The van der Waals surface area contributed by atoms with Gasteiger partial charge in [-0.1, -0.05) is 24.3 Å². The summed E-state index contributed by atoms with van der Waals surface area (Å²) in [6, 6.07) is 10.6. The van der Waals surface area contributed by atoms with Gasteiger partial charge < -0.3 is 25.5 Å². The highest BCUT2D eigenvalue weighted by Crippen LogP contribution is 2.39. The zero-order valence-corrected chi connectivity index (χ0v) is 20.6. The molecule has 3 aliphatic rings. The van der Waals surface area contributed by atoms with Crippen molar-refractivity contribution in [3.8, 4) is 0 Å². The van der Waals surface area contributed by atoms with Gasteiger partial charge in [-0.25, -0.2) is 13.2 Å². The van der Waals surface area contributed by atoms with Crippen LogP contribution in [0.2, 0.25) is 0 Å². The van der Waals surface area contributed by atoms with Crippen molar-refractivity contribution in [2.24, 2.45) is 0 Å². The molecule has 0 aromatic heterocycles. The van der Waals surface area contributed by atoms with Gasteiger partial charge in [0.15, 0.2) is 4.87 Å². The molecule has 0 saturated carbocycles. The maximum atomic E-state index is 14.3. The normalized spacial score (nSPS) is 29.3. The fourth-order valence-electron chi connectivity index (χ4n) is 6.12. The predicted molar refractivity (Wildman–Crippen MR) is 133 cm³/mol. The fraction of sp³-hybridized carbons (Fsp3) is 0.560. The van der Waals surface area contributed by atoms with Gasteiger partial charge in [0, 0.05) is 49.2 Å². The maximum absolute atomic E-state index is 14.3. The molecular weight excluding hydrogens is 452 g/mol. The van der Waals surface area contributed by atoms with Gasteiger partial charge in [-0.05, 0) is 57.2 Å². The van der Waals surface area contributed by atoms with E-state index in [0.717, 1.165) is 23.9 Å². The molecule has 0 aliphatic carbocycles. The number of sulfone groups is 1. The molecule has 3 saturated heterocycles. The summed E-state index contributed by atoms with van der Waals surface area (Å²) in [5.74, 6) is 0. The molecule has 3 atom stereocenters. The molecule has 3 aliphatic heterocycles. The Morgan fingerprint density at radius 3 is 2.44 bits per heavy atom. The topological polar surface area (TPSA) is 102 Å². The van der Waals surface area contributed by atoms with Gasteiger partial charge in [0.25, 0.3) is 0 Å². The number of aliphatic hydroxyl groups is 1. The summed E-state index contributed by atoms with van der Waals surface area (Å²) in [5.41, 5.74) is 0.942. The van der Waals surface area contributed by atoms with Crippen LogP contribution in [0, 0.1) is 0 Å².